The number of hydrogen-bond acceptors (Lipinski definition) is 6. The summed E-state index contributed by atoms with van der Waals surface area (Å²) in [6, 6.07) is 8.32. The van der Waals surface area contributed by atoms with Gasteiger partial charge in [-0.2, -0.15) is 0 Å². The van der Waals surface area contributed by atoms with Gasteiger partial charge in [0.05, 0.1) is 16.8 Å². The third kappa shape index (κ3) is 6.74. The number of ether oxygens (including phenoxy) is 1. The SMILES string of the molecule is CC(=O)Nc1c[nH]c2nccc(N3CCN(C(=O)[C@@H](Cc4ccc(Cl)cc4)NC(=O)OC(C)(C)C)CC3)c12. The van der Waals surface area contributed by atoms with Crippen LogP contribution in [0.5, 0.6) is 0 Å². The standard InChI is InChI=1S/C27H33ClN6O4/c1-17(35)31-21-16-30-24-23(21)22(9-10-29-24)33-11-13-34(14-12-33)25(36)20(32-26(37)38-27(2,3)4)15-18-5-7-19(28)8-6-18/h5-10,16,20H,11-15H2,1-4H3,(H,29,30)(H,31,35)(H,32,37)/t20-/m1/s1. The monoisotopic (exact) mass is 540 g/mol. The predicted octanol–water partition coefficient (Wildman–Crippen LogP) is 3.96. The number of aromatic amines is 1. The third-order valence-corrected chi connectivity index (χ3v) is 6.39. The van der Waals surface area contributed by atoms with Crippen LogP contribution >= 0.6 is 11.6 Å². The topological polar surface area (TPSA) is 120 Å². The van der Waals surface area contributed by atoms with Gasteiger partial charge in [-0.05, 0) is 44.5 Å². The second-order valence-electron chi connectivity index (χ2n) is 10.3. The second-order valence-corrected chi connectivity index (χ2v) is 10.7. The first kappa shape index (κ1) is 27.3. The molecule has 1 aliphatic rings. The summed E-state index contributed by atoms with van der Waals surface area (Å²) in [6.45, 7) is 8.89. The van der Waals surface area contributed by atoms with Crippen LogP contribution < -0.4 is 15.5 Å². The van der Waals surface area contributed by atoms with E-state index in [1.807, 2.05) is 18.2 Å². The molecule has 3 amide bonds. The predicted molar refractivity (Wildman–Crippen MR) is 148 cm³/mol. The van der Waals surface area contributed by atoms with Gasteiger partial charge in [0, 0.05) is 56.9 Å². The smallest absolute Gasteiger partial charge is 0.408 e. The van der Waals surface area contributed by atoms with Crippen molar-refractivity contribution < 1.29 is 19.1 Å². The molecule has 0 unspecified atom stereocenters. The average Bonchev–Trinajstić information content (AvgIpc) is 3.26. The Labute approximate surface area is 226 Å². The summed E-state index contributed by atoms with van der Waals surface area (Å²) < 4.78 is 5.42. The third-order valence-electron chi connectivity index (χ3n) is 6.14. The van der Waals surface area contributed by atoms with E-state index in [2.05, 4.69) is 25.5 Å². The fourth-order valence-electron chi connectivity index (χ4n) is 4.49. The number of anilines is 2. The maximum absolute atomic E-state index is 13.6. The van der Waals surface area contributed by atoms with Crippen molar-refractivity contribution in [2.45, 2.75) is 45.8 Å². The lowest BCUT2D eigenvalue weighted by molar-refractivity contribution is -0.133. The Bertz CT molecular complexity index is 1310. The number of amides is 3. The molecule has 3 heterocycles. The summed E-state index contributed by atoms with van der Waals surface area (Å²) in [5, 5.41) is 7.05. The van der Waals surface area contributed by atoms with Crippen LogP contribution in [0.3, 0.4) is 0 Å². The molecular weight excluding hydrogens is 508 g/mol. The maximum Gasteiger partial charge on any atom is 0.408 e. The minimum Gasteiger partial charge on any atom is -0.444 e. The highest BCUT2D eigenvalue weighted by atomic mass is 35.5. The number of hydrogen-bond donors (Lipinski definition) is 3. The zero-order valence-electron chi connectivity index (χ0n) is 22.0. The van der Waals surface area contributed by atoms with Gasteiger partial charge in [0.25, 0.3) is 0 Å². The van der Waals surface area contributed by atoms with Crippen molar-refractivity contribution in [1.29, 1.82) is 0 Å². The van der Waals surface area contributed by atoms with E-state index in [0.29, 0.717) is 49.0 Å². The number of carbonyl (C=O) groups is 3. The van der Waals surface area contributed by atoms with Gasteiger partial charge >= 0.3 is 6.09 Å². The first-order chi connectivity index (χ1) is 18.0. The molecule has 3 aromatic rings. The lowest BCUT2D eigenvalue weighted by Gasteiger charge is -2.38. The Hall–Kier alpha value is -3.79. The molecule has 38 heavy (non-hydrogen) atoms. The van der Waals surface area contributed by atoms with E-state index in [-0.39, 0.29) is 11.8 Å². The van der Waals surface area contributed by atoms with E-state index in [0.717, 1.165) is 16.6 Å². The lowest BCUT2D eigenvalue weighted by atomic mass is 10.0. The number of pyridine rings is 1. The molecule has 0 radical (unpaired) electrons. The number of H-pyrrole nitrogens is 1. The van der Waals surface area contributed by atoms with Crippen molar-refractivity contribution in [3.8, 4) is 0 Å². The van der Waals surface area contributed by atoms with E-state index in [1.54, 1.807) is 50.2 Å². The number of rotatable bonds is 6. The Morgan fingerprint density at radius 3 is 2.42 bits per heavy atom. The molecule has 3 N–H and O–H groups in total. The lowest BCUT2D eigenvalue weighted by Crippen LogP contribution is -2.56. The fourth-order valence-corrected chi connectivity index (χ4v) is 4.61. The molecule has 11 heteroatoms. The van der Waals surface area contributed by atoms with E-state index < -0.39 is 17.7 Å². The van der Waals surface area contributed by atoms with E-state index in [4.69, 9.17) is 16.3 Å². The molecule has 1 aromatic carbocycles. The van der Waals surface area contributed by atoms with Gasteiger partial charge in [-0.3, -0.25) is 9.59 Å². The summed E-state index contributed by atoms with van der Waals surface area (Å²) in [4.78, 5) is 49.3. The van der Waals surface area contributed by atoms with Gasteiger partial charge in [-0.1, -0.05) is 23.7 Å². The van der Waals surface area contributed by atoms with E-state index >= 15 is 0 Å². The largest absolute Gasteiger partial charge is 0.444 e. The van der Waals surface area contributed by atoms with Crippen molar-refractivity contribution in [3.63, 3.8) is 0 Å². The fraction of sp³-hybridized carbons (Fsp3) is 0.407. The van der Waals surface area contributed by atoms with Crippen molar-refractivity contribution in [1.82, 2.24) is 20.2 Å². The van der Waals surface area contributed by atoms with Gasteiger partial charge < -0.3 is 30.2 Å². The highest BCUT2D eigenvalue weighted by Crippen LogP contribution is 2.32. The molecule has 1 fully saturated rings. The first-order valence-electron chi connectivity index (χ1n) is 12.5. The highest BCUT2D eigenvalue weighted by Gasteiger charge is 2.31. The molecule has 202 valence electrons. The summed E-state index contributed by atoms with van der Waals surface area (Å²) in [5.74, 6) is -0.341. The van der Waals surface area contributed by atoms with Crippen molar-refractivity contribution >= 4 is 51.9 Å². The number of nitrogens with zero attached hydrogens (tertiary/aromatic N) is 3. The van der Waals surface area contributed by atoms with Gasteiger partial charge in [-0.15, -0.1) is 0 Å². The number of carbonyl (C=O) groups excluding carboxylic acids is 3. The second kappa shape index (κ2) is 11.3. The van der Waals surface area contributed by atoms with E-state index in [9.17, 15) is 14.4 Å². The molecule has 0 bridgehead atoms. The zero-order valence-corrected chi connectivity index (χ0v) is 22.8. The van der Waals surface area contributed by atoms with Gasteiger partial charge in [0.2, 0.25) is 11.8 Å². The minimum absolute atomic E-state index is 0.166. The number of alkyl carbamates (subject to hydrolysis) is 1. The first-order valence-corrected chi connectivity index (χ1v) is 12.9. The maximum atomic E-state index is 13.6. The van der Waals surface area contributed by atoms with Crippen LogP contribution in [0.4, 0.5) is 16.2 Å². The number of fused-ring (bicyclic) bond motifs is 1. The molecular formula is C27H33ClN6O4. The molecule has 1 aliphatic heterocycles. The molecule has 4 rings (SSSR count). The van der Waals surface area contributed by atoms with Crippen molar-refractivity contribution in [2.24, 2.45) is 0 Å². The summed E-state index contributed by atoms with van der Waals surface area (Å²) in [5.41, 5.74) is 2.46. The normalized spacial score (nSPS) is 14.8. The molecule has 1 saturated heterocycles. The van der Waals surface area contributed by atoms with Gasteiger partial charge in [0.15, 0.2) is 0 Å². The van der Waals surface area contributed by atoms with Crippen LogP contribution in [0, 0.1) is 0 Å². The van der Waals surface area contributed by atoms with Crippen LogP contribution in [0.2, 0.25) is 5.02 Å². The summed E-state index contributed by atoms with van der Waals surface area (Å²) in [7, 11) is 0. The Kier molecular flexibility index (Phi) is 8.11. The number of aromatic nitrogens is 2. The Morgan fingerprint density at radius 2 is 1.79 bits per heavy atom. The van der Waals surface area contributed by atoms with Crippen LogP contribution in [0.15, 0.2) is 42.7 Å². The van der Waals surface area contributed by atoms with Gasteiger partial charge in [-0.25, -0.2) is 9.78 Å². The number of benzene rings is 1. The average molecular weight is 541 g/mol. The quantitative estimate of drug-likeness (QED) is 0.435. The van der Waals surface area contributed by atoms with Crippen molar-refractivity contribution in [3.05, 3.63) is 53.3 Å². The molecule has 1 atom stereocenters. The molecule has 0 spiro atoms. The molecule has 0 aliphatic carbocycles. The molecule has 10 nitrogen and oxygen atoms in total. The number of nitrogens with one attached hydrogen (secondary N) is 3. The highest BCUT2D eigenvalue weighted by molar-refractivity contribution is 6.30. The Balaban J connectivity index is 1.48. The number of halogens is 1. The van der Waals surface area contributed by atoms with Crippen LogP contribution in [0.25, 0.3) is 11.0 Å². The number of piperazine rings is 1. The summed E-state index contributed by atoms with van der Waals surface area (Å²) in [6.07, 6.45) is 3.12. The van der Waals surface area contributed by atoms with Crippen molar-refractivity contribution in [2.75, 3.05) is 36.4 Å². The molecule has 2 aromatic heterocycles. The van der Waals surface area contributed by atoms with E-state index in [1.165, 1.54) is 6.92 Å². The zero-order chi connectivity index (χ0) is 27.4. The van der Waals surface area contributed by atoms with Crippen LogP contribution in [0.1, 0.15) is 33.3 Å². The molecule has 0 saturated carbocycles. The van der Waals surface area contributed by atoms with Crippen LogP contribution in [-0.4, -0.2) is 70.6 Å². The summed E-state index contributed by atoms with van der Waals surface area (Å²) >= 11 is 6.02. The Morgan fingerprint density at radius 1 is 1.11 bits per heavy atom. The minimum atomic E-state index is -0.791. The van der Waals surface area contributed by atoms with Crippen LogP contribution in [-0.2, 0) is 20.7 Å². The van der Waals surface area contributed by atoms with Gasteiger partial charge in [0.1, 0.15) is 17.3 Å².